The number of rotatable bonds is 3. The molecule has 0 radical (unpaired) electrons. The molecule has 0 aromatic carbocycles. The summed E-state index contributed by atoms with van der Waals surface area (Å²) in [5.41, 5.74) is -0.0999. The second-order valence-corrected chi connectivity index (χ2v) is 4.37. The van der Waals surface area contributed by atoms with Crippen LogP contribution in [0.25, 0.3) is 0 Å². The van der Waals surface area contributed by atoms with E-state index in [0.717, 1.165) is 13.1 Å². The predicted octanol–water partition coefficient (Wildman–Crippen LogP) is -0.780. The molecule has 2 aliphatic rings. The van der Waals surface area contributed by atoms with Gasteiger partial charge in [0.25, 0.3) is 0 Å². The van der Waals surface area contributed by atoms with Gasteiger partial charge in [-0.3, -0.25) is 4.90 Å². The first-order chi connectivity index (χ1) is 7.28. The Balaban J connectivity index is 1.86. The topological polar surface area (TPSA) is 65.7 Å². The van der Waals surface area contributed by atoms with Gasteiger partial charge < -0.3 is 14.6 Å². The third-order valence-electron chi connectivity index (χ3n) is 3.01. The van der Waals surface area contributed by atoms with Crippen molar-refractivity contribution in [3.05, 3.63) is 0 Å². The lowest BCUT2D eigenvalue weighted by Gasteiger charge is -2.44. The lowest BCUT2D eigenvalue weighted by atomic mass is 9.86. The van der Waals surface area contributed by atoms with Crippen molar-refractivity contribution in [1.82, 2.24) is 4.90 Å². The van der Waals surface area contributed by atoms with E-state index in [4.69, 9.17) is 14.7 Å². The van der Waals surface area contributed by atoms with Gasteiger partial charge in [0.1, 0.15) is 0 Å². The SMILES string of the molecule is N#CC1CN(CC2(CO)COC2)CCO1. The molecule has 2 saturated heterocycles. The molecule has 0 saturated carbocycles. The number of hydrogen-bond acceptors (Lipinski definition) is 5. The zero-order valence-electron chi connectivity index (χ0n) is 8.69. The molecule has 0 amide bonds. The van der Waals surface area contributed by atoms with Crippen LogP contribution in [0, 0.1) is 16.7 Å². The maximum absolute atomic E-state index is 9.29. The van der Waals surface area contributed by atoms with Crippen LogP contribution in [0.5, 0.6) is 0 Å². The summed E-state index contributed by atoms with van der Waals surface area (Å²) in [7, 11) is 0. The first-order valence-corrected chi connectivity index (χ1v) is 5.20. The Morgan fingerprint density at radius 2 is 2.33 bits per heavy atom. The van der Waals surface area contributed by atoms with Gasteiger partial charge in [-0.05, 0) is 0 Å². The molecule has 0 aromatic heterocycles. The van der Waals surface area contributed by atoms with Crippen molar-refractivity contribution in [3.63, 3.8) is 0 Å². The van der Waals surface area contributed by atoms with E-state index in [9.17, 15) is 5.11 Å². The normalized spacial score (nSPS) is 30.5. The molecule has 1 unspecified atom stereocenters. The van der Waals surface area contributed by atoms with Gasteiger partial charge in [0, 0.05) is 19.6 Å². The average molecular weight is 212 g/mol. The van der Waals surface area contributed by atoms with E-state index in [1.165, 1.54) is 0 Å². The lowest BCUT2D eigenvalue weighted by molar-refractivity contribution is -0.155. The van der Waals surface area contributed by atoms with Crippen molar-refractivity contribution in [1.29, 1.82) is 5.26 Å². The minimum absolute atomic E-state index is 0.0999. The van der Waals surface area contributed by atoms with Crippen molar-refractivity contribution in [2.75, 3.05) is 46.1 Å². The predicted molar refractivity (Wildman–Crippen MR) is 52.1 cm³/mol. The number of morpholine rings is 1. The Kier molecular flexibility index (Phi) is 3.22. The van der Waals surface area contributed by atoms with E-state index in [1.54, 1.807) is 0 Å². The molecule has 2 fully saturated rings. The van der Waals surface area contributed by atoms with Crippen LogP contribution in [0.1, 0.15) is 0 Å². The fourth-order valence-electron chi connectivity index (χ4n) is 2.02. The first kappa shape index (κ1) is 10.8. The van der Waals surface area contributed by atoms with Gasteiger partial charge in [0.15, 0.2) is 6.10 Å². The quantitative estimate of drug-likeness (QED) is 0.664. The van der Waals surface area contributed by atoms with Gasteiger partial charge >= 0.3 is 0 Å². The molecule has 1 atom stereocenters. The Bertz CT molecular complexity index is 254. The smallest absolute Gasteiger partial charge is 0.156 e. The van der Waals surface area contributed by atoms with Crippen LogP contribution in [0.2, 0.25) is 0 Å². The Morgan fingerprint density at radius 1 is 1.53 bits per heavy atom. The minimum Gasteiger partial charge on any atom is -0.396 e. The fraction of sp³-hybridized carbons (Fsp3) is 0.900. The van der Waals surface area contributed by atoms with Gasteiger partial charge in [-0.25, -0.2) is 0 Å². The van der Waals surface area contributed by atoms with Crippen LogP contribution in [0.15, 0.2) is 0 Å². The van der Waals surface area contributed by atoms with E-state index in [1.807, 2.05) is 0 Å². The van der Waals surface area contributed by atoms with E-state index in [0.29, 0.717) is 26.4 Å². The third-order valence-corrected chi connectivity index (χ3v) is 3.01. The number of aliphatic hydroxyl groups is 1. The van der Waals surface area contributed by atoms with Crippen LogP contribution in [-0.4, -0.2) is 62.2 Å². The van der Waals surface area contributed by atoms with E-state index in [2.05, 4.69) is 11.0 Å². The Morgan fingerprint density at radius 3 is 2.87 bits per heavy atom. The zero-order chi connectivity index (χ0) is 10.7. The third kappa shape index (κ3) is 2.29. The highest BCUT2D eigenvalue weighted by molar-refractivity contribution is 4.93. The summed E-state index contributed by atoms with van der Waals surface area (Å²) in [6.07, 6.45) is -0.324. The summed E-state index contributed by atoms with van der Waals surface area (Å²) >= 11 is 0. The van der Waals surface area contributed by atoms with Crippen LogP contribution >= 0.6 is 0 Å². The molecule has 2 heterocycles. The van der Waals surface area contributed by atoms with Gasteiger partial charge in [-0.15, -0.1) is 0 Å². The van der Waals surface area contributed by atoms with Crippen LogP contribution in [0.4, 0.5) is 0 Å². The first-order valence-electron chi connectivity index (χ1n) is 5.20. The molecule has 2 aliphatic heterocycles. The summed E-state index contributed by atoms with van der Waals surface area (Å²) in [6, 6.07) is 2.12. The Labute approximate surface area is 89.2 Å². The molecule has 1 N–H and O–H groups in total. The number of ether oxygens (including phenoxy) is 2. The van der Waals surface area contributed by atoms with Gasteiger partial charge in [0.05, 0.1) is 37.9 Å². The maximum Gasteiger partial charge on any atom is 0.156 e. The maximum atomic E-state index is 9.29. The largest absolute Gasteiger partial charge is 0.396 e. The number of aliphatic hydroxyl groups excluding tert-OH is 1. The van der Waals surface area contributed by atoms with Crippen molar-refractivity contribution in [2.45, 2.75) is 6.10 Å². The van der Waals surface area contributed by atoms with Gasteiger partial charge in [0.2, 0.25) is 0 Å². The summed E-state index contributed by atoms with van der Waals surface area (Å²) in [4.78, 5) is 2.18. The monoisotopic (exact) mass is 212 g/mol. The Hall–Kier alpha value is -0.670. The second kappa shape index (κ2) is 4.45. The van der Waals surface area contributed by atoms with E-state index < -0.39 is 0 Å². The summed E-state index contributed by atoms with van der Waals surface area (Å²) in [6.45, 7) is 4.27. The van der Waals surface area contributed by atoms with Crippen molar-refractivity contribution in [2.24, 2.45) is 5.41 Å². The van der Waals surface area contributed by atoms with Crippen LogP contribution in [0.3, 0.4) is 0 Å². The highest BCUT2D eigenvalue weighted by Gasteiger charge is 2.40. The molecule has 0 spiro atoms. The van der Waals surface area contributed by atoms with Crippen molar-refractivity contribution >= 4 is 0 Å². The molecule has 2 rings (SSSR count). The summed E-state index contributed by atoms with van der Waals surface area (Å²) in [5, 5.41) is 18.0. The fourth-order valence-corrected chi connectivity index (χ4v) is 2.02. The average Bonchev–Trinajstić information content (AvgIpc) is 2.24. The van der Waals surface area contributed by atoms with Crippen molar-refractivity contribution in [3.8, 4) is 6.07 Å². The zero-order valence-corrected chi connectivity index (χ0v) is 8.69. The molecule has 5 heteroatoms. The molecular weight excluding hydrogens is 196 g/mol. The molecule has 0 aliphatic carbocycles. The highest BCUT2D eigenvalue weighted by Crippen LogP contribution is 2.28. The van der Waals surface area contributed by atoms with Crippen LogP contribution in [-0.2, 0) is 9.47 Å². The van der Waals surface area contributed by atoms with Gasteiger partial charge in [-0.1, -0.05) is 0 Å². The number of nitriles is 1. The van der Waals surface area contributed by atoms with E-state index >= 15 is 0 Å². The van der Waals surface area contributed by atoms with E-state index in [-0.39, 0.29) is 18.1 Å². The standard InChI is InChI=1S/C10H16N2O3/c11-3-9-4-12(1-2-15-9)5-10(6-13)7-14-8-10/h9,13H,1-2,4-8H2. The van der Waals surface area contributed by atoms with Crippen molar-refractivity contribution < 1.29 is 14.6 Å². The summed E-state index contributed by atoms with van der Waals surface area (Å²) in [5.74, 6) is 0. The number of hydrogen-bond donors (Lipinski definition) is 1. The number of nitrogens with zero attached hydrogens (tertiary/aromatic N) is 2. The lowest BCUT2D eigenvalue weighted by Crippen LogP contribution is -2.56. The highest BCUT2D eigenvalue weighted by atomic mass is 16.5. The summed E-state index contributed by atoms with van der Waals surface area (Å²) < 4.78 is 10.4. The molecule has 84 valence electrons. The van der Waals surface area contributed by atoms with Crippen LogP contribution < -0.4 is 0 Å². The second-order valence-electron chi connectivity index (χ2n) is 4.37. The minimum atomic E-state index is -0.324. The molecule has 0 aromatic rings. The molecule has 15 heavy (non-hydrogen) atoms. The molecule has 5 nitrogen and oxygen atoms in total. The molecule has 0 bridgehead atoms. The molecular formula is C10H16N2O3. The van der Waals surface area contributed by atoms with Gasteiger partial charge in [-0.2, -0.15) is 5.26 Å².